The second-order valence-electron chi connectivity index (χ2n) is 9.74. The van der Waals surface area contributed by atoms with Crippen LogP contribution < -0.4 is 16.0 Å². The highest BCUT2D eigenvalue weighted by atomic mass is 35.5. The summed E-state index contributed by atoms with van der Waals surface area (Å²) in [6.45, 7) is 1.70. The molecule has 2 heterocycles. The topological polar surface area (TPSA) is 107 Å². The summed E-state index contributed by atoms with van der Waals surface area (Å²) in [5.74, 6) is -0.930. The Morgan fingerprint density at radius 2 is 1.86 bits per heavy atom. The molecule has 1 saturated carbocycles. The first kappa shape index (κ1) is 27.4. The molecule has 1 aromatic heterocycles. The first-order valence-corrected chi connectivity index (χ1v) is 13.8. The summed E-state index contributed by atoms with van der Waals surface area (Å²) in [6, 6.07) is 6.03. The van der Waals surface area contributed by atoms with Gasteiger partial charge in [0.15, 0.2) is 10.00 Å². The highest BCUT2D eigenvalue weighted by Gasteiger charge is 2.37. The zero-order valence-corrected chi connectivity index (χ0v) is 23.4. The zero-order valence-electron chi connectivity index (χ0n) is 21.0. The average Bonchev–Trinajstić information content (AvgIpc) is 3.29. The lowest BCUT2D eigenvalue weighted by Crippen LogP contribution is -2.56. The van der Waals surface area contributed by atoms with Crippen LogP contribution in [0.2, 0.25) is 5.02 Å². The fourth-order valence-electron chi connectivity index (χ4n) is 4.70. The molecule has 2 aliphatic rings. The fraction of sp³-hybridized carbons (Fsp3) is 0.480. The first-order chi connectivity index (χ1) is 17.6. The molecule has 37 heavy (non-hydrogen) atoms. The predicted molar refractivity (Wildman–Crippen MR) is 149 cm³/mol. The van der Waals surface area contributed by atoms with Crippen LogP contribution >= 0.6 is 35.2 Å². The van der Waals surface area contributed by atoms with Crippen LogP contribution in [-0.4, -0.2) is 77.3 Å². The molecule has 1 fully saturated rings. The van der Waals surface area contributed by atoms with E-state index < -0.39 is 11.9 Å². The van der Waals surface area contributed by atoms with Crippen molar-refractivity contribution < 1.29 is 14.4 Å². The molecule has 0 bridgehead atoms. The van der Waals surface area contributed by atoms with E-state index in [1.54, 1.807) is 43.3 Å². The van der Waals surface area contributed by atoms with E-state index in [-0.39, 0.29) is 28.8 Å². The maximum atomic E-state index is 13.2. The highest BCUT2D eigenvalue weighted by Crippen LogP contribution is 2.28. The van der Waals surface area contributed by atoms with Gasteiger partial charge in [0.2, 0.25) is 5.91 Å². The standard InChI is InChI=1S/C25H31ClN6O3S2/c1-31(2)25(35)14-4-9-17(29-23(36)21(33)27-16-7-5-15(26)6-8-16)19(12-14)28-22(34)24-30-18-10-11-32(3)13-20(18)37-24/h5-8,14,17,19H,4,9-13H2,1-3H3,(H,27,33)(H,28,34)(H,29,36)/t14-,17-,19+/m0/s1. The molecule has 0 saturated heterocycles. The Balaban J connectivity index is 1.45. The largest absolute Gasteiger partial charge is 0.367 e. The Morgan fingerprint density at radius 3 is 2.57 bits per heavy atom. The first-order valence-electron chi connectivity index (χ1n) is 12.2. The molecule has 0 unspecified atom stereocenters. The lowest BCUT2D eigenvalue weighted by atomic mass is 9.81. The maximum absolute atomic E-state index is 13.2. The van der Waals surface area contributed by atoms with Gasteiger partial charge in [-0.15, -0.1) is 11.3 Å². The lowest BCUT2D eigenvalue weighted by molar-refractivity contribution is -0.134. The molecule has 3 atom stereocenters. The van der Waals surface area contributed by atoms with Crippen molar-refractivity contribution in [2.75, 3.05) is 33.0 Å². The Bertz CT molecular complexity index is 1190. The minimum Gasteiger partial charge on any atom is -0.367 e. The number of nitrogens with one attached hydrogen (secondary N) is 3. The number of aromatic nitrogens is 1. The van der Waals surface area contributed by atoms with Crippen LogP contribution in [0.25, 0.3) is 0 Å². The van der Waals surface area contributed by atoms with Gasteiger partial charge < -0.3 is 25.8 Å². The Kier molecular flexibility index (Phi) is 8.79. The SMILES string of the molecule is CN1CCc2nc(C(=O)N[C@@H]3C[C@@H](C(=O)N(C)C)CC[C@@H]3NC(=S)C(=O)Nc3ccc(Cl)cc3)sc2C1. The minimum absolute atomic E-state index is 0.0179. The van der Waals surface area contributed by atoms with Gasteiger partial charge in [0, 0.05) is 61.2 Å². The van der Waals surface area contributed by atoms with E-state index >= 15 is 0 Å². The van der Waals surface area contributed by atoms with Gasteiger partial charge >= 0.3 is 0 Å². The molecule has 2 aromatic rings. The number of rotatable bonds is 5. The van der Waals surface area contributed by atoms with Crippen molar-refractivity contribution in [3.8, 4) is 0 Å². The van der Waals surface area contributed by atoms with Crippen LogP contribution in [0, 0.1) is 5.92 Å². The number of likely N-dealkylation sites (N-methyl/N-ethyl adjacent to an activating group) is 1. The Labute approximate surface area is 230 Å². The molecular formula is C25H31ClN6O3S2. The van der Waals surface area contributed by atoms with Gasteiger partial charge in [0.1, 0.15) is 0 Å². The molecule has 1 aromatic carbocycles. The van der Waals surface area contributed by atoms with E-state index in [1.165, 1.54) is 11.3 Å². The van der Waals surface area contributed by atoms with Gasteiger partial charge in [-0.05, 0) is 50.6 Å². The van der Waals surface area contributed by atoms with Crippen LogP contribution in [0.3, 0.4) is 0 Å². The van der Waals surface area contributed by atoms with Crippen LogP contribution in [0.5, 0.6) is 0 Å². The van der Waals surface area contributed by atoms with Crippen molar-refractivity contribution in [3.63, 3.8) is 0 Å². The number of benzene rings is 1. The van der Waals surface area contributed by atoms with Crippen molar-refractivity contribution in [3.05, 3.63) is 44.9 Å². The molecular weight excluding hydrogens is 532 g/mol. The van der Waals surface area contributed by atoms with E-state index in [4.69, 9.17) is 23.8 Å². The third kappa shape index (κ3) is 6.84. The zero-order chi connectivity index (χ0) is 26.7. The summed E-state index contributed by atoms with van der Waals surface area (Å²) in [6.07, 6.45) is 2.46. The van der Waals surface area contributed by atoms with E-state index in [0.717, 1.165) is 30.1 Å². The van der Waals surface area contributed by atoms with Gasteiger partial charge in [-0.2, -0.15) is 0 Å². The smallest absolute Gasteiger partial charge is 0.283 e. The molecule has 198 valence electrons. The minimum atomic E-state index is -0.453. The van der Waals surface area contributed by atoms with Gasteiger partial charge in [0.05, 0.1) is 11.7 Å². The lowest BCUT2D eigenvalue weighted by Gasteiger charge is -2.37. The highest BCUT2D eigenvalue weighted by molar-refractivity contribution is 7.82. The van der Waals surface area contributed by atoms with E-state index in [1.807, 2.05) is 0 Å². The van der Waals surface area contributed by atoms with Crippen molar-refractivity contribution in [1.29, 1.82) is 0 Å². The number of hydrogen-bond acceptors (Lipinski definition) is 7. The third-order valence-corrected chi connectivity index (χ3v) is 8.33. The van der Waals surface area contributed by atoms with Crippen molar-refractivity contribution >= 4 is 63.6 Å². The monoisotopic (exact) mass is 562 g/mol. The van der Waals surface area contributed by atoms with E-state index in [0.29, 0.717) is 35.0 Å². The van der Waals surface area contributed by atoms with Gasteiger partial charge in [-0.3, -0.25) is 14.4 Å². The number of halogens is 1. The normalized spacial score (nSPS) is 21.5. The van der Waals surface area contributed by atoms with Crippen LogP contribution in [0.4, 0.5) is 5.69 Å². The number of carbonyl (C=O) groups excluding carboxylic acids is 3. The maximum Gasteiger partial charge on any atom is 0.283 e. The Hall–Kier alpha value is -2.60. The second-order valence-corrected chi connectivity index (χ2v) is 11.7. The Morgan fingerprint density at radius 1 is 1.14 bits per heavy atom. The fourth-order valence-corrected chi connectivity index (χ4v) is 6.12. The van der Waals surface area contributed by atoms with E-state index in [2.05, 4.69) is 32.9 Å². The molecule has 3 N–H and O–H groups in total. The summed E-state index contributed by atoms with van der Waals surface area (Å²) >= 11 is 12.7. The predicted octanol–water partition coefficient (Wildman–Crippen LogP) is 2.70. The second kappa shape index (κ2) is 11.8. The molecule has 12 heteroatoms. The van der Waals surface area contributed by atoms with Crippen LogP contribution in [-0.2, 0) is 22.6 Å². The number of carbonyl (C=O) groups is 3. The molecule has 1 aliphatic heterocycles. The number of thiazole rings is 1. The molecule has 0 spiro atoms. The van der Waals surface area contributed by atoms with Gasteiger partial charge in [-0.25, -0.2) is 4.98 Å². The molecule has 0 radical (unpaired) electrons. The third-order valence-electron chi connectivity index (χ3n) is 6.70. The summed E-state index contributed by atoms with van der Waals surface area (Å²) in [5.41, 5.74) is 1.55. The van der Waals surface area contributed by atoms with Crippen molar-refractivity contribution in [1.82, 2.24) is 25.4 Å². The van der Waals surface area contributed by atoms with Crippen LogP contribution in [0.1, 0.15) is 39.6 Å². The quantitative estimate of drug-likeness (QED) is 0.481. The summed E-state index contributed by atoms with van der Waals surface area (Å²) < 4.78 is 0. The average molecular weight is 563 g/mol. The van der Waals surface area contributed by atoms with Gasteiger partial charge in [-0.1, -0.05) is 23.8 Å². The molecule has 1 aliphatic carbocycles. The number of fused-ring (bicyclic) bond motifs is 1. The number of hydrogen-bond donors (Lipinski definition) is 3. The number of nitrogens with zero attached hydrogens (tertiary/aromatic N) is 3. The van der Waals surface area contributed by atoms with Crippen molar-refractivity contribution in [2.45, 2.75) is 44.3 Å². The number of thiocarbonyl (C=S) groups is 1. The molecule has 9 nitrogen and oxygen atoms in total. The number of anilines is 1. The molecule has 3 amide bonds. The summed E-state index contributed by atoms with van der Waals surface area (Å²) in [7, 11) is 5.51. The van der Waals surface area contributed by atoms with Crippen LogP contribution in [0.15, 0.2) is 24.3 Å². The van der Waals surface area contributed by atoms with Gasteiger partial charge in [0.25, 0.3) is 11.8 Å². The molecule has 4 rings (SSSR count). The summed E-state index contributed by atoms with van der Waals surface area (Å²) in [4.78, 5) is 48.1. The van der Waals surface area contributed by atoms with Crippen molar-refractivity contribution in [2.24, 2.45) is 5.92 Å². The number of amides is 3. The van der Waals surface area contributed by atoms with E-state index in [9.17, 15) is 14.4 Å². The summed E-state index contributed by atoms with van der Waals surface area (Å²) in [5, 5.41) is 9.95.